The maximum absolute atomic E-state index is 8.90. The van der Waals surface area contributed by atoms with E-state index in [9.17, 15) is 0 Å². The van der Waals surface area contributed by atoms with Gasteiger partial charge in [0.1, 0.15) is 0 Å². The van der Waals surface area contributed by atoms with Crippen LogP contribution >= 0.6 is 0 Å². The molecule has 0 unspecified atom stereocenters. The minimum atomic E-state index is 0.749. The lowest BCUT2D eigenvalue weighted by Gasteiger charge is -2.05. The van der Waals surface area contributed by atoms with Gasteiger partial charge in [-0.05, 0) is 48.6 Å². The smallest absolute Gasteiger partial charge is 0.0994 e. The van der Waals surface area contributed by atoms with Gasteiger partial charge in [-0.3, -0.25) is 0 Å². The zero-order valence-corrected chi connectivity index (χ0v) is 18.6. The van der Waals surface area contributed by atoms with Crippen LogP contribution in [0, 0.1) is 18.3 Å². The molecule has 0 aromatic heterocycles. The second-order valence-corrected chi connectivity index (χ2v) is 5.66. The Bertz CT molecular complexity index is 640. The Morgan fingerprint density at radius 2 is 1.37 bits per heavy atom. The van der Waals surface area contributed by atoms with Gasteiger partial charge in [0.2, 0.25) is 0 Å². The zero-order chi connectivity index (χ0) is 21.1. The van der Waals surface area contributed by atoms with E-state index in [0.717, 1.165) is 17.5 Å². The summed E-state index contributed by atoms with van der Waals surface area (Å²) in [5.74, 6) is 0. The van der Waals surface area contributed by atoms with E-state index in [-0.39, 0.29) is 0 Å². The van der Waals surface area contributed by atoms with Gasteiger partial charge in [0.15, 0.2) is 0 Å². The summed E-state index contributed by atoms with van der Waals surface area (Å²) in [7, 11) is 0. The van der Waals surface area contributed by atoms with Crippen molar-refractivity contribution < 1.29 is 0 Å². The summed E-state index contributed by atoms with van der Waals surface area (Å²) in [6.45, 7) is 17.4. The first-order valence-corrected chi connectivity index (χ1v) is 10.3. The Kier molecular flexibility index (Phi) is 18.4. The summed E-state index contributed by atoms with van der Waals surface area (Å²) in [6, 6.07) is 16.7. The average Bonchev–Trinajstić information content (AvgIpc) is 3.61. The second-order valence-electron chi connectivity index (χ2n) is 5.66. The van der Waals surface area contributed by atoms with Crippen LogP contribution in [0.25, 0.3) is 11.1 Å². The number of benzene rings is 2. The maximum atomic E-state index is 8.90. The SMILES string of the molecule is C1CC1.C=CC.CC.CC.CCc1ccc(-c2ccc(C#N)c(C)c2)cc1. The predicted molar refractivity (Wildman–Crippen MR) is 123 cm³/mol. The molecule has 1 nitrogen and oxygen atoms in total. The van der Waals surface area contributed by atoms with Gasteiger partial charge in [0.25, 0.3) is 0 Å². The molecule has 0 heterocycles. The maximum Gasteiger partial charge on any atom is 0.0994 e. The molecule has 0 radical (unpaired) electrons. The van der Waals surface area contributed by atoms with Crippen LogP contribution in [0.15, 0.2) is 55.1 Å². The molecule has 0 bridgehead atoms. The molecule has 1 saturated carbocycles. The Balaban J connectivity index is 0. The Hall–Kier alpha value is -2.33. The fourth-order valence-corrected chi connectivity index (χ4v) is 1.90. The van der Waals surface area contributed by atoms with Gasteiger partial charge < -0.3 is 0 Å². The van der Waals surface area contributed by atoms with Gasteiger partial charge in [-0.15, -0.1) is 6.58 Å². The van der Waals surface area contributed by atoms with Crippen LogP contribution in [0.1, 0.15) is 77.5 Å². The van der Waals surface area contributed by atoms with Crippen molar-refractivity contribution in [2.45, 2.75) is 74.1 Å². The number of allylic oxidation sites excluding steroid dienone is 1. The molecular weight excluding hydrogens is 326 g/mol. The first kappa shape index (κ1) is 26.9. The zero-order valence-electron chi connectivity index (χ0n) is 18.6. The van der Waals surface area contributed by atoms with Crippen LogP contribution in [0.2, 0.25) is 0 Å². The minimum Gasteiger partial charge on any atom is -0.192 e. The van der Waals surface area contributed by atoms with Crippen molar-refractivity contribution in [3.8, 4) is 17.2 Å². The lowest BCUT2D eigenvalue weighted by molar-refractivity contribution is 1.14. The third-order valence-electron chi connectivity index (χ3n) is 3.40. The number of aryl methyl sites for hydroxylation is 2. The highest BCUT2D eigenvalue weighted by Crippen LogP contribution is 2.22. The predicted octanol–water partition coefficient (Wildman–Crippen LogP) is 8.51. The topological polar surface area (TPSA) is 23.8 Å². The number of nitrogens with zero attached hydrogens (tertiary/aromatic N) is 1. The van der Waals surface area contributed by atoms with Gasteiger partial charge in [-0.2, -0.15) is 5.26 Å². The third kappa shape index (κ3) is 12.6. The molecule has 0 amide bonds. The highest BCUT2D eigenvalue weighted by molar-refractivity contribution is 5.66. The summed E-state index contributed by atoms with van der Waals surface area (Å²) < 4.78 is 0. The molecule has 1 aliphatic carbocycles. The molecule has 1 fully saturated rings. The van der Waals surface area contributed by atoms with Crippen LogP contribution in [0.5, 0.6) is 0 Å². The Morgan fingerprint density at radius 3 is 1.70 bits per heavy atom. The van der Waals surface area contributed by atoms with Crippen LogP contribution < -0.4 is 0 Å². The first-order chi connectivity index (χ1) is 13.2. The quantitative estimate of drug-likeness (QED) is 0.489. The van der Waals surface area contributed by atoms with Crippen LogP contribution in [-0.2, 0) is 6.42 Å². The Morgan fingerprint density at radius 1 is 0.926 bits per heavy atom. The number of rotatable bonds is 2. The van der Waals surface area contributed by atoms with E-state index in [2.05, 4.69) is 49.9 Å². The molecule has 0 N–H and O–H groups in total. The molecule has 27 heavy (non-hydrogen) atoms. The summed E-state index contributed by atoms with van der Waals surface area (Å²) in [5.41, 5.74) is 5.50. The minimum absolute atomic E-state index is 0.749. The van der Waals surface area contributed by atoms with E-state index in [4.69, 9.17) is 5.26 Å². The fraction of sp³-hybridized carbons (Fsp3) is 0.423. The summed E-state index contributed by atoms with van der Waals surface area (Å²) in [6.07, 6.45) is 7.31. The monoisotopic (exact) mass is 365 g/mol. The lowest BCUT2D eigenvalue weighted by atomic mass is 9.99. The first-order valence-electron chi connectivity index (χ1n) is 10.3. The summed E-state index contributed by atoms with van der Waals surface area (Å²) in [5, 5.41) is 8.90. The van der Waals surface area contributed by atoms with Crippen molar-refractivity contribution in [3.63, 3.8) is 0 Å². The van der Waals surface area contributed by atoms with Gasteiger partial charge in [0.05, 0.1) is 11.6 Å². The summed E-state index contributed by atoms with van der Waals surface area (Å²) in [4.78, 5) is 0. The number of hydrogen-bond donors (Lipinski definition) is 0. The van der Waals surface area contributed by atoms with Crippen LogP contribution in [-0.4, -0.2) is 0 Å². The lowest BCUT2D eigenvalue weighted by Crippen LogP contribution is -1.85. The van der Waals surface area contributed by atoms with Gasteiger partial charge in [-0.25, -0.2) is 0 Å². The average molecular weight is 366 g/mol. The molecule has 148 valence electrons. The van der Waals surface area contributed by atoms with Crippen molar-refractivity contribution in [2.24, 2.45) is 0 Å². The molecule has 1 heteroatoms. The molecule has 2 aromatic carbocycles. The molecule has 1 aliphatic rings. The Labute approximate surface area is 168 Å². The second kappa shape index (κ2) is 18.5. The van der Waals surface area contributed by atoms with Crippen molar-refractivity contribution >= 4 is 0 Å². The van der Waals surface area contributed by atoms with E-state index in [1.807, 2.05) is 53.7 Å². The van der Waals surface area contributed by atoms with E-state index in [1.54, 1.807) is 6.08 Å². The van der Waals surface area contributed by atoms with Crippen molar-refractivity contribution in [3.05, 3.63) is 71.8 Å². The van der Waals surface area contributed by atoms with Crippen molar-refractivity contribution in [1.82, 2.24) is 0 Å². The summed E-state index contributed by atoms with van der Waals surface area (Å²) >= 11 is 0. The largest absolute Gasteiger partial charge is 0.192 e. The molecule has 3 rings (SSSR count). The molecule has 0 saturated heterocycles. The van der Waals surface area contributed by atoms with Gasteiger partial charge in [0, 0.05) is 0 Å². The number of hydrogen-bond acceptors (Lipinski definition) is 1. The molecule has 2 aromatic rings. The third-order valence-corrected chi connectivity index (χ3v) is 3.40. The highest BCUT2D eigenvalue weighted by Gasteiger charge is 2.01. The molecular formula is C26H39N. The van der Waals surface area contributed by atoms with Crippen molar-refractivity contribution in [2.75, 3.05) is 0 Å². The van der Waals surface area contributed by atoms with E-state index >= 15 is 0 Å². The molecule has 0 aliphatic heterocycles. The number of nitriles is 1. The standard InChI is InChI=1S/C16H15N.2C3H6.2C2H6/c1-3-13-4-6-14(7-5-13)15-8-9-16(11-17)12(2)10-15;1-2-3-1;1-3-2;2*1-2/h4-10H,3H2,1-2H3;1-3H2;3H,1H2,2H3;2*1-2H3. The van der Waals surface area contributed by atoms with Gasteiger partial charge in [-0.1, -0.05) is 96.4 Å². The molecule has 0 atom stereocenters. The van der Waals surface area contributed by atoms with Crippen LogP contribution in [0.3, 0.4) is 0 Å². The normalized spacial score (nSPS) is 9.85. The van der Waals surface area contributed by atoms with E-state index < -0.39 is 0 Å². The van der Waals surface area contributed by atoms with E-state index in [1.165, 1.54) is 36.0 Å². The fourth-order valence-electron chi connectivity index (χ4n) is 1.90. The van der Waals surface area contributed by atoms with Crippen LogP contribution in [0.4, 0.5) is 0 Å². The van der Waals surface area contributed by atoms with Gasteiger partial charge >= 0.3 is 0 Å². The molecule has 0 spiro atoms. The van der Waals surface area contributed by atoms with Crippen molar-refractivity contribution in [1.29, 1.82) is 5.26 Å². The van der Waals surface area contributed by atoms with E-state index in [0.29, 0.717) is 0 Å². The highest BCUT2D eigenvalue weighted by atomic mass is 14.2.